The molecule has 0 bridgehead atoms. The van der Waals surface area contributed by atoms with Gasteiger partial charge in [0.15, 0.2) is 0 Å². The van der Waals surface area contributed by atoms with Gasteiger partial charge in [0.1, 0.15) is 0 Å². The summed E-state index contributed by atoms with van der Waals surface area (Å²) in [6, 6.07) is 18.5. The molecule has 9 heteroatoms. The van der Waals surface area contributed by atoms with Crippen molar-refractivity contribution in [3.05, 3.63) is 126 Å². The summed E-state index contributed by atoms with van der Waals surface area (Å²) >= 11 is 0. The average molecular weight is 559 g/mol. The Hall–Kier alpha value is -5.57. The Balaban J connectivity index is 1.25. The van der Waals surface area contributed by atoms with E-state index in [4.69, 9.17) is 0 Å². The van der Waals surface area contributed by atoms with Gasteiger partial charge in [0.2, 0.25) is 11.9 Å². The maximum atomic E-state index is 13.2. The van der Waals surface area contributed by atoms with Crippen molar-refractivity contribution in [2.45, 2.75) is 26.3 Å². The lowest BCUT2D eigenvalue weighted by Gasteiger charge is -2.19. The minimum absolute atomic E-state index is 0.120. The highest BCUT2D eigenvalue weighted by molar-refractivity contribution is 6.09. The monoisotopic (exact) mass is 558 g/mol. The first kappa shape index (κ1) is 28.0. The summed E-state index contributed by atoms with van der Waals surface area (Å²) < 4.78 is 0. The van der Waals surface area contributed by atoms with Crippen LogP contribution >= 0.6 is 0 Å². The van der Waals surface area contributed by atoms with Gasteiger partial charge in [-0.05, 0) is 79.1 Å². The fourth-order valence-electron chi connectivity index (χ4n) is 4.55. The maximum Gasteiger partial charge on any atom is 0.256 e. The first-order valence-electron chi connectivity index (χ1n) is 13.4. The van der Waals surface area contributed by atoms with Crippen LogP contribution in [0.15, 0.2) is 103 Å². The molecule has 3 aromatic carbocycles. The Bertz CT molecular complexity index is 1780. The first-order chi connectivity index (χ1) is 20.3. The lowest BCUT2D eigenvalue weighted by molar-refractivity contribution is -0.115. The number of hydrogen-bond donors (Lipinski definition) is 4. The van der Waals surface area contributed by atoms with E-state index in [-0.39, 0.29) is 23.8 Å². The van der Waals surface area contributed by atoms with E-state index >= 15 is 0 Å². The second kappa shape index (κ2) is 12.3. The van der Waals surface area contributed by atoms with Gasteiger partial charge in [-0.25, -0.2) is 9.97 Å². The Morgan fingerprint density at radius 3 is 2.52 bits per heavy atom. The number of carbonyl (C=O) groups excluding carboxylic acids is 3. The Labute approximate surface area is 243 Å². The van der Waals surface area contributed by atoms with Crippen LogP contribution in [0.3, 0.4) is 0 Å². The lowest BCUT2D eigenvalue weighted by atomic mass is 10.1. The van der Waals surface area contributed by atoms with Crippen molar-refractivity contribution in [2.75, 3.05) is 16.0 Å². The van der Waals surface area contributed by atoms with Crippen molar-refractivity contribution in [3.63, 3.8) is 0 Å². The SMILES string of the molecule is C=CC(=O)NC1=C[C@H](Nc2ncc(NC(=O)c3cc(NC(=O)c4ccc5ccccc5c4)ccc3C)c(C)n2)CC=C1. The van der Waals surface area contributed by atoms with Gasteiger partial charge in [0.05, 0.1) is 23.6 Å². The number of aryl methyl sites for hydroxylation is 2. The molecule has 0 radical (unpaired) electrons. The van der Waals surface area contributed by atoms with Crippen LogP contribution in [0.1, 0.15) is 38.4 Å². The molecule has 1 aliphatic carbocycles. The number of nitrogens with zero attached hydrogens (tertiary/aromatic N) is 2. The third kappa shape index (κ3) is 6.59. The number of rotatable bonds is 8. The van der Waals surface area contributed by atoms with Crippen molar-refractivity contribution in [1.82, 2.24) is 15.3 Å². The fraction of sp³-hybridized carbons (Fsp3) is 0.121. The standard InChI is InChI=1S/C33H30N6O3/c1-4-30(40)36-25-10-7-11-26(17-25)38-33-34-19-29(21(3)35-33)39-32(42)28-18-27(15-12-20(28)2)37-31(41)24-14-13-22-8-5-6-9-23(22)16-24/h4-10,12-19,26H,1,11H2,2-3H3,(H,36,40)(H,37,41)(H,39,42)(H,34,35,38)/t26-/m1/s1. The molecule has 1 aromatic heterocycles. The molecule has 9 nitrogen and oxygen atoms in total. The number of benzene rings is 3. The Morgan fingerprint density at radius 2 is 1.74 bits per heavy atom. The van der Waals surface area contributed by atoms with Gasteiger partial charge < -0.3 is 21.3 Å². The maximum absolute atomic E-state index is 13.2. The van der Waals surface area contributed by atoms with Gasteiger partial charge in [0, 0.05) is 22.5 Å². The van der Waals surface area contributed by atoms with Gasteiger partial charge >= 0.3 is 0 Å². The largest absolute Gasteiger partial charge is 0.348 e. The van der Waals surface area contributed by atoms with E-state index in [9.17, 15) is 14.4 Å². The summed E-state index contributed by atoms with van der Waals surface area (Å²) in [4.78, 5) is 46.7. The highest BCUT2D eigenvalue weighted by Crippen LogP contribution is 2.22. The number of hydrogen-bond acceptors (Lipinski definition) is 6. The average Bonchev–Trinajstić information content (AvgIpc) is 2.99. The fourth-order valence-corrected chi connectivity index (χ4v) is 4.55. The molecule has 1 aliphatic rings. The Kier molecular flexibility index (Phi) is 8.19. The van der Waals surface area contributed by atoms with Crippen LogP contribution < -0.4 is 21.3 Å². The van der Waals surface area contributed by atoms with E-state index in [1.165, 1.54) is 6.08 Å². The number of nitrogens with one attached hydrogen (secondary N) is 4. The minimum Gasteiger partial charge on any atom is -0.348 e. The van der Waals surface area contributed by atoms with Crippen LogP contribution in [0.4, 0.5) is 17.3 Å². The second-order valence-electron chi connectivity index (χ2n) is 9.90. The number of aromatic nitrogens is 2. The minimum atomic E-state index is -0.343. The van der Waals surface area contributed by atoms with Crippen LogP contribution in [-0.2, 0) is 4.79 Å². The predicted molar refractivity (Wildman–Crippen MR) is 165 cm³/mol. The van der Waals surface area contributed by atoms with Crippen molar-refractivity contribution < 1.29 is 14.4 Å². The number of anilines is 3. The van der Waals surface area contributed by atoms with Gasteiger partial charge in [-0.1, -0.05) is 49.1 Å². The summed E-state index contributed by atoms with van der Waals surface area (Å²) in [5, 5.41) is 13.8. The van der Waals surface area contributed by atoms with Crippen LogP contribution in [0.25, 0.3) is 10.8 Å². The zero-order valence-corrected chi connectivity index (χ0v) is 23.3. The van der Waals surface area contributed by atoms with E-state index in [1.54, 1.807) is 37.4 Å². The molecule has 0 unspecified atom stereocenters. The molecule has 0 aliphatic heterocycles. The highest BCUT2D eigenvalue weighted by Gasteiger charge is 2.16. The first-order valence-corrected chi connectivity index (χ1v) is 13.4. The van der Waals surface area contributed by atoms with Gasteiger partial charge in [-0.15, -0.1) is 0 Å². The van der Waals surface area contributed by atoms with Crippen LogP contribution in [0.5, 0.6) is 0 Å². The normalized spacial score (nSPS) is 14.0. The smallest absolute Gasteiger partial charge is 0.256 e. The summed E-state index contributed by atoms with van der Waals surface area (Å²) in [6.45, 7) is 7.08. The predicted octanol–water partition coefficient (Wildman–Crippen LogP) is 5.68. The Morgan fingerprint density at radius 1 is 0.929 bits per heavy atom. The molecule has 4 N–H and O–H groups in total. The molecule has 0 saturated heterocycles. The molecule has 1 atom stereocenters. The third-order valence-electron chi connectivity index (χ3n) is 6.81. The van der Waals surface area contributed by atoms with E-state index in [0.29, 0.717) is 46.3 Å². The molecule has 1 heterocycles. The van der Waals surface area contributed by atoms with Gasteiger partial charge in [0.25, 0.3) is 11.8 Å². The zero-order chi connectivity index (χ0) is 29.6. The number of fused-ring (bicyclic) bond motifs is 1. The topological polar surface area (TPSA) is 125 Å². The van der Waals surface area contributed by atoms with E-state index < -0.39 is 0 Å². The number of carbonyl (C=O) groups is 3. The quantitative estimate of drug-likeness (QED) is 0.206. The van der Waals surface area contributed by atoms with Crippen molar-refractivity contribution in [2.24, 2.45) is 0 Å². The number of amides is 3. The zero-order valence-electron chi connectivity index (χ0n) is 23.3. The second-order valence-corrected chi connectivity index (χ2v) is 9.90. The molecule has 4 aromatic rings. The molecule has 0 fully saturated rings. The molecule has 42 heavy (non-hydrogen) atoms. The third-order valence-corrected chi connectivity index (χ3v) is 6.81. The van der Waals surface area contributed by atoms with Crippen LogP contribution in [0.2, 0.25) is 0 Å². The van der Waals surface area contributed by atoms with E-state index in [1.807, 2.05) is 61.5 Å². The molecule has 0 spiro atoms. The van der Waals surface area contributed by atoms with Crippen molar-refractivity contribution >= 4 is 45.8 Å². The lowest BCUT2D eigenvalue weighted by Crippen LogP contribution is -2.26. The summed E-state index contributed by atoms with van der Waals surface area (Å²) in [6.07, 6.45) is 9.11. The van der Waals surface area contributed by atoms with Crippen LogP contribution in [-0.4, -0.2) is 33.7 Å². The molecule has 3 amide bonds. The van der Waals surface area contributed by atoms with Crippen molar-refractivity contribution in [3.8, 4) is 0 Å². The van der Waals surface area contributed by atoms with E-state index in [2.05, 4.69) is 37.8 Å². The van der Waals surface area contributed by atoms with Crippen molar-refractivity contribution in [1.29, 1.82) is 0 Å². The molecular weight excluding hydrogens is 528 g/mol. The molecule has 210 valence electrons. The summed E-state index contributed by atoms with van der Waals surface area (Å²) in [7, 11) is 0. The molecular formula is C33H30N6O3. The van der Waals surface area contributed by atoms with Gasteiger partial charge in [-0.3, -0.25) is 14.4 Å². The highest BCUT2D eigenvalue weighted by atomic mass is 16.2. The molecule has 5 rings (SSSR count). The molecule has 0 saturated carbocycles. The van der Waals surface area contributed by atoms with E-state index in [0.717, 1.165) is 16.3 Å². The van der Waals surface area contributed by atoms with Gasteiger partial charge in [-0.2, -0.15) is 0 Å². The number of allylic oxidation sites excluding steroid dienone is 1. The summed E-state index contributed by atoms with van der Waals surface area (Å²) in [5.74, 6) is -0.496. The van der Waals surface area contributed by atoms with Crippen LogP contribution in [0, 0.1) is 13.8 Å². The summed E-state index contributed by atoms with van der Waals surface area (Å²) in [5.41, 5.74) is 3.92.